The molecule has 1 unspecified atom stereocenters. The molecule has 0 saturated carbocycles. The first-order chi connectivity index (χ1) is 17.0. The van der Waals surface area contributed by atoms with Crippen LogP contribution in [0.25, 0.3) is 22.2 Å². The second-order valence-electron chi connectivity index (χ2n) is 8.53. The Morgan fingerprint density at radius 1 is 1.09 bits per heavy atom. The first-order valence-electron chi connectivity index (χ1n) is 11.5. The molecule has 3 heterocycles. The normalized spacial score (nSPS) is 15.9. The zero-order valence-electron chi connectivity index (χ0n) is 19.2. The number of amides is 2. The summed E-state index contributed by atoms with van der Waals surface area (Å²) in [6, 6.07) is 18.5. The third-order valence-corrected chi connectivity index (χ3v) is 7.11. The van der Waals surface area contributed by atoms with Crippen LogP contribution in [0.5, 0.6) is 0 Å². The van der Waals surface area contributed by atoms with E-state index in [1.54, 1.807) is 17.2 Å². The van der Waals surface area contributed by atoms with Crippen LogP contribution in [0.15, 0.2) is 66.9 Å². The number of carbonyl (C=O) groups excluding carboxylic acids is 3. The molecule has 35 heavy (non-hydrogen) atoms. The lowest BCUT2D eigenvalue weighted by Crippen LogP contribution is -2.52. The summed E-state index contributed by atoms with van der Waals surface area (Å²) in [5.41, 5.74) is 2.60. The lowest BCUT2D eigenvalue weighted by Gasteiger charge is -2.35. The number of piperidine rings is 1. The predicted octanol–water partition coefficient (Wildman–Crippen LogP) is 4.27. The van der Waals surface area contributed by atoms with E-state index in [1.807, 2.05) is 61.5 Å². The van der Waals surface area contributed by atoms with Crippen molar-refractivity contribution in [3.63, 3.8) is 0 Å². The van der Waals surface area contributed by atoms with Crippen molar-refractivity contribution in [2.75, 3.05) is 13.1 Å². The van der Waals surface area contributed by atoms with Crippen LogP contribution in [0.3, 0.4) is 0 Å². The third kappa shape index (κ3) is 4.70. The van der Waals surface area contributed by atoms with Crippen LogP contribution in [0.1, 0.15) is 37.9 Å². The highest BCUT2D eigenvalue weighted by Crippen LogP contribution is 2.30. The van der Waals surface area contributed by atoms with Gasteiger partial charge < -0.3 is 10.2 Å². The Morgan fingerprint density at radius 2 is 1.89 bits per heavy atom. The number of fused-ring (bicyclic) bond motifs is 1. The summed E-state index contributed by atoms with van der Waals surface area (Å²) in [5, 5.41) is 4.63. The molecule has 2 aromatic carbocycles. The lowest BCUT2D eigenvalue weighted by molar-refractivity contribution is -0.122. The molecule has 1 saturated heterocycles. The molecule has 1 N–H and O–H groups in total. The van der Waals surface area contributed by atoms with E-state index in [4.69, 9.17) is 0 Å². The Morgan fingerprint density at radius 3 is 2.71 bits per heavy atom. The maximum Gasteiger partial charge on any atom is 0.266 e. The summed E-state index contributed by atoms with van der Waals surface area (Å²) in [5.74, 6) is -0.465. The monoisotopic (exact) mass is 484 g/mol. The van der Waals surface area contributed by atoms with Gasteiger partial charge in [-0.2, -0.15) is 0 Å². The molecular formula is C27H24N4O3S. The standard InChI is InChI=1S/C27H24N4O3S/c1-17-30-24(19-7-3-2-4-8-19)25(35-17)27(34)31-16-21(32)13-12-20(31)15-29-26(33)22-11-5-9-18-10-6-14-28-23(18)22/h2-11,14,20H,12-13,15-16H2,1H3,(H,29,33). The Labute approximate surface area is 206 Å². The second-order valence-corrected chi connectivity index (χ2v) is 9.73. The van der Waals surface area contributed by atoms with Gasteiger partial charge in [0.1, 0.15) is 4.88 Å². The number of likely N-dealkylation sites (tertiary alicyclic amines) is 1. The summed E-state index contributed by atoms with van der Waals surface area (Å²) < 4.78 is 0. The number of benzene rings is 2. The molecule has 0 aliphatic carbocycles. The van der Waals surface area contributed by atoms with Gasteiger partial charge in [-0.05, 0) is 25.5 Å². The minimum absolute atomic E-state index is 0.0154. The first-order valence-corrected chi connectivity index (χ1v) is 12.3. The maximum atomic E-state index is 13.7. The largest absolute Gasteiger partial charge is 0.350 e. The van der Waals surface area contributed by atoms with Gasteiger partial charge in [0.15, 0.2) is 5.78 Å². The molecule has 1 aliphatic rings. The second kappa shape index (κ2) is 9.76. The van der Waals surface area contributed by atoms with Crippen molar-refractivity contribution >= 4 is 39.8 Å². The summed E-state index contributed by atoms with van der Waals surface area (Å²) in [6.45, 7) is 2.14. The quantitative estimate of drug-likeness (QED) is 0.457. The maximum absolute atomic E-state index is 13.7. The molecule has 1 aliphatic heterocycles. The van der Waals surface area contributed by atoms with E-state index < -0.39 is 0 Å². The van der Waals surface area contributed by atoms with E-state index in [0.717, 1.165) is 16.0 Å². The number of carbonyl (C=O) groups is 3. The zero-order chi connectivity index (χ0) is 24.4. The molecule has 2 amide bonds. The summed E-state index contributed by atoms with van der Waals surface area (Å²) in [6.07, 6.45) is 2.54. The number of hydrogen-bond acceptors (Lipinski definition) is 6. The SMILES string of the molecule is Cc1nc(-c2ccccc2)c(C(=O)N2CC(=O)CCC2CNC(=O)c2cccc3cccnc23)s1. The molecule has 176 valence electrons. The number of ketones is 1. The van der Waals surface area contributed by atoms with Crippen molar-refractivity contribution in [2.45, 2.75) is 25.8 Å². The number of Topliss-reactive ketones (excluding diaryl/α,β-unsaturated/α-hetero) is 1. The molecule has 1 fully saturated rings. The van der Waals surface area contributed by atoms with Crippen molar-refractivity contribution in [3.05, 3.63) is 82.3 Å². The fraction of sp³-hybridized carbons (Fsp3) is 0.222. The van der Waals surface area contributed by atoms with Gasteiger partial charge in [-0.1, -0.05) is 48.5 Å². The minimum Gasteiger partial charge on any atom is -0.350 e. The van der Waals surface area contributed by atoms with E-state index >= 15 is 0 Å². The third-order valence-electron chi connectivity index (χ3n) is 6.16. The number of aryl methyl sites for hydroxylation is 1. The van der Waals surface area contributed by atoms with Gasteiger partial charge in [0, 0.05) is 30.1 Å². The van der Waals surface area contributed by atoms with Crippen LogP contribution in [0, 0.1) is 6.92 Å². The number of rotatable bonds is 5. The van der Waals surface area contributed by atoms with Gasteiger partial charge >= 0.3 is 0 Å². The molecular weight excluding hydrogens is 460 g/mol. The van der Waals surface area contributed by atoms with Gasteiger partial charge in [-0.15, -0.1) is 11.3 Å². The number of nitrogens with one attached hydrogen (secondary N) is 1. The van der Waals surface area contributed by atoms with E-state index in [9.17, 15) is 14.4 Å². The lowest BCUT2D eigenvalue weighted by atomic mass is 10.00. The average molecular weight is 485 g/mol. The summed E-state index contributed by atoms with van der Waals surface area (Å²) in [7, 11) is 0. The molecule has 0 radical (unpaired) electrons. The van der Waals surface area contributed by atoms with E-state index in [0.29, 0.717) is 34.5 Å². The number of hydrogen-bond donors (Lipinski definition) is 1. The van der Waals surface area contributed by atoms with Crippen molar-refractivity contribution in [3.8, 4) is 11.3 Å². The Balaban J connectivity index is 1.38. The number of pyridine rings is 1. The van der Waals surface area contributed by atoms with Crippen LogP contribution in [0.2, 0.25) is 0 Å². The Bertz CT molecular complexity index is 1410. The van der Waals surface area contributed by atoms with E-state index in [-0.39, 0.29) is 36.7 Å². The smallest absolute Gasteiger partial charge is 0.266 e. The molecule has 5 rings (SSSR count). The zero-order valence-corrected chi connectivity index (χ0v) is 20.0. The van der Waals surface area contributed by atoms with Crippen LogP contribution in [-0.2, 0) is 4.79 Å². The predicted molar refractivity (Wildman–Crippen MR) is 135 cm³/mol. The first kappa shape index (κ1) is 22.9. The summed E-state index contributed by atoms with van der Waals surface area (Å²) >= 11 is 1.33. The molecule has 2 aromatic heterocycles. The van der Waals surface area contributed by atoms with Crippen LogP contribution < -0.4 is 5.32 Å². The van der Waals surface area contributed by atoms with Gasteiger partial charge in [-0.25, -0.2) is 4.98 Å². The fourth-order valence-corrected chi connectivity index (χ4v) is 5.32. The number of nitrogens with zero attached hydrogens (tertiary/aromatic N) is 3. The van der Waals surface area contributed by atoms with Crippen molar-refractivity contribution < 1.29 is 14.4 Å². The van der Waals surface area contributed by atoms with Crippen LogP contribution in [0.4, 0.5) is 0 Å². The average Bonchev–Trinajstić information content (AvgIpc) is 3.29. The van der Waals surface area contributed by atoms with E-state index in [1.165, 1.54) is 11.3 Å². The Kier molecular flexibility index (Phi) is 6.37. The topological polar surface area (TPSA) is 92.3 Å². The van der Waals surface area contributed by atoms with Crippen LogP contribution in [-0.4, -0.2) is 51.6 Å². The van der Waals surface area contributed by atoms with Crippen LogP contribution >= 0.6 is 11.3 Å². The van der Waals surface area contributed by atoms with Gasteiger partial charge in [-0.3, -0.25) is 19.4 Å². The van der Waals surface area contributed by atoms with Crippen molar-refractivity contribution in [1.29, 1.82) is 0 Å². The highest BCUT2D eigenvalue weighted by atomic mass is 32.1. The molecule has 0 spiro atoms. The molecule has 0 bridgehead atoms. The van der Waals surface area contributed by atoms with Gasteiger partial charge in [0.25, 0.3) is 11.8 Å². The molecule has 1 atom stereocenters. The van der Waals surface area contributed by atoms with Gasteiger partial charge in [0.2, 0.25) is 0 Å². The van der Waals surface area contributed by atoms with E-state index in [2.05, 4.69) is 15.3 Å². The number of aromatic nitrogens is 2. The van der Waals surface area contributed by atoms with Crippen molar-refractivity contribution in [1.82, 2.24) is 20.2 Å². The highest BCUT2D eigenvalue weighted by molar-refractivity contribution is 7.14. The fourth-order valence-electron chi connectivity index (χ4n) is 4.42. The molecule has 8 heteroatoms. The number of thiazole rings is 1. The molecule has 4 aromatic rings. The Hall–Kier alpha value is -3.91. The highest BCUT2D eigenvalue weighted by Gasteiger charge is 2.34. The van der Waals surface area contributed by atoms with Gasteiger partial charge in [0.05, 0.1) is 34.4 Å². The summed E-state index contributed by atoms with van der Waals surface area (Å²) in [4.78, 5) is 50.1. The molecule has 7 nitrogen and oxygen atoms in total. The minimum atomic E-state index is -0.293. The van der Waals surface area contributed by atoms with Crippen molar-refractivity contribution in [2.24, 2.45) is 0 Å². The number of para-hydroxylation sites is 1.